The van der Waals surface area contributed by atoms with Crippen molar-refractivity contribution in [3.05, 3.63) is 29.8 Å². The first-order valence-corrected chi connectivity index (χ1v) is 9.48. The van der Waals surface area contributed by atoms with E-state index in [0.29, 0.717) is 19.8 Å². The molecular weight excluding hydrogens is 302 g/mol. The first-order chi connectivity index (χ1) is 10.6. The summed E-state index contributed by atoms with van der Waals surface area (Å²) < 4.78 is 32.6. The van der Waals surface area contributed by atoms with Gasteiger partial charge in [0.1, 0.15) is 0 Å². The summed E-state index contributed by atoms with van der Waals surface area (Å²) in [5.41, 5.74) is 1.78. The van der Waals surface area contributed by atoms with Crippen LogP contribution in [-0.2, 0) is 21.2 Å². The van der Waals surface area contributed by atoms with Gasteiger partial charge in [-0.25, -0.2) is 8.42 Å². The van der Waals surface area contributed by atoms with Crippen molar-refractivity contribution >= 4 is 15.7 Å². The van der Waals surface area contributed by atoms with Gasteiger partial charge in [-0.1, -0.05) is 18.2 Å². The number of ether oxygens (including phenoxy) is 1. The van der Waals surface area contributed by atoms with Gasteiger partial charge in [0.2, 0.25) is 10.0 Å². The van der Waals surface area contributed by atoms with Gasteiger partial charge in [0.25, 0.3) is 0 Å². The van der Waals surface area contributed by atoms with Crippen molar-refractivity contribution < 1.29 is 18.3 Å². The van der Waals surface area contributed by atoms with Crippen molar-refractivity contribution in [2.75, 3.05) is 36.4 Å². The topological polar surface area (TPSA) is 66.8 Å². The second-order valence-corrected chi connectivity index (χ2v) is 8.18. The lowest BCUT2D eigenvalue weighted by Crippen LogP contribution is -2.43. The molecule has 2 aliphatic rings. The Morgan fingerprint density at radius 3 is 2.64 bits per heavy atom. The summed E-state index contributed by atoms with van der Waals surface area (Å²) in [6.45, 7) is 1.68. The van der Waals surface area contributed by atoms with Crippen LogP contribution in [0.1, 0.15) is 18.4 Å². The highest BCUT2D eigenvalue weighted by Crippen LogP contribution is 2.32. The molecule has 122 valence electrons. The van der Waals surface area contributed by atoms with E-state index in [-0.39, 0.29) is 24.2 Å². The maximum atomic E-state index is 12.9. The zero-order valence-electron chi connectivity index (χ0n) is 12.6. The van der Waals surface area contributed by atoms with E-state index < -0.39 is 10.0 Å². The molecule has 0 bridgehead atoms. The maximum absolute atomic E-state index is 12.9. The Kier molecular flexibility index (Phi) is 4.70. The minimum atomic E-state index is -3.37. The van der Waals surface area contributed by atoms with Crippen LogP contribution in [0.25, 0.3) is 0 Å². The predicted octanol–water partition coefficient (Wildman–Crippen LogP) is 1.41. The number of hydrogen-bond donors (Lipinski definition) is 1. The third-order valence-corrected chi connectivity index (χ3v) is 6.48. The number of sulfonamides is 1. The highest BCUT2D eigenvalue weighted by Gasteiger charge is 2.33. The van der Waals surface area contributed by atoms with Crippen molar-refractivity contribution in [2.45, 2.75) is 19.3 Å². The standard InChI is InChI=1S/C16H23NO4S/c18-11-14-9-15-3-1-2-4-16(15)17(10-14)22(19,20)12-13-5-7-21-8-6-13/h1-4,13-14,18H,5-12H2. The molecule has 1 aromatic carbocycles. The molecule has 1 atom stereocenters. The van der Waals surface area contributed by atoms with E-state index in [9.17, 15) is 13.5 Å². The van der Waals surface area contributed by atoms with E-state index in [1.54, 1.807) is 0 Å². The third-order valence-electron chi connectivity index (χ3n) is 4.57. The molecule has 0 aliphatic carbocycles. The fourth-order valence-electron chi connectivity index (χ4n) is 3.32. The summed E-state index contributed by atoms with van der Waals surface area (Å²) in [4.78, 5) is 0. The molecule has 1 aromatic rings. The van der Waals surface area contributed by atoms with Crippen molar-refractivity contribution in [1.82, 2.24) is 0 Å². The number of benzene rings is 1. The molecule has 1 saturated heterocycles. The minimum Gasteiger partial charge on any atom is -0.396 e. The van der Waals surface area contributed by atoms with Crippen molar-refractivity contribution in [3.8, 4) is 0 Å². The lowest BCUT2D eigenvalue weighted by molar-refractivity contribution is 0.0723. The molecule has 2 aliphatic heterocycles. The van der Waals surface area contributed by atoms with E-state index in [1.807, 2.05) is 24.3 Å². The van der Waals surface area contributed by atoms with Gasteiger partial charge in [-0.3, -0.25) is 4.31 Å². The number of nitrogens with zero attached hydrogens (tertiary/aromatic N) is 1. The largest absolute Gasteiger partial charge is 0.396 e. The Morgan fingerprint density at radius 1 is 1.18 bits per heavy atom. The van der Waals surface area contributed by atoms with E-state index in [2.05, 4.69) is 0 Å². The Hall–Kier alpha value is -1.11. The molecule has 6 heteroatoms. The highest BCUT2D eigenvalue weighted by atomic mass is 32.2. The van der Waals surface area contributed by atoms with Gasteiger partial charge >= 0.3 is 0 Å². The fraction of sp³-hybridized carbons (Fsp3) is 0.625. The first kappa shape index (κ1) is 15.8. The van der Waals surface area contributed by atoms with E-state index in [4.69, 9.17) is 4.74 Å². The SMILES string of the molecule is O=S(=O)(CC1CCOCC1)N1CC(CO)Cc2ccccc21. The number of para-hydroxylation sites is 1. The number of anilines is 1. The predicted molar refractivity (Wildman–Crippen MR) is 85.4 cm³/mol. The summed E-state index contributed by atoms with van der Waals surface area (Å²) in [6.07, 6.45) is 2.34. The van der Waals surface area contributed by atoms with Gasteiger partial charge in [0.15, 0.2) is 0 Å². The molecule has 5 nitrogen and oxygen atoms in total. The molecule has 3 rings (SSSR count). The second-order valence-electron chi connectivity index (χ2n) is 6.25. The number of rotatable bonds is 4. The summed E-state index contributed by atoms with van der Waals surface area (Å²) in [7, 11) is -3.37. The fourth-order valence-corrected chi connectivity index (χ4v) is 5.35. The highest BCUT2D eigenvalue weighted by molar-refractivity contribution is 7.92. The van der Waals surface area contributed by atoms with Crippen LogP contribution in [0.2, 0.25) is 0 Å². The van der Waals surface area contributed by atoms with Crippen LogP contribution in [0.5, 0.6) is 0 Å². The van der Waals surface area contributed by atoms with Crippen molar-refractivity contribution in [3.63, 3.8) is 0 Å². The van der Waals surface area contributed by atoms with Crippen molar-refractivity contribution in [2.24, 2.45) is 11.8 Å². The average Bonchev–Trinajstić information content (AvgIpc) is 2.54. The van der Waals surface area contributed by atoms with E-state index >= 15 is 0 Å². The van der Waals surface area contributed by atoms with Crippen LogP contribution in [0.3, 0.4) is 0 Å². The summed E-state index contributed by atoms with van der Waals surface area (Å²) in [6, 6.07) is 7.61. The Balaban J connectivity index is 1.85. The smallest absolute Gasteiger partial charge is 0.235 e. The van der Waals surface area contributed by atoms with Crippen LogP contribution in [0.4, 0.5) is 5.69 Å². The summed E-state index contributed by atoms with van der Waals surface area (Å²) in [5, 5.41) is 9.48. The van der Waals surface area contributed by atoms with E-state index in [0.717, 1.165) is 30.5 Å². The average molecular weight is 325 g/mol. The molecule has 2 heterocycles. The summed E-state index contributed by atoms with van der Waals surface area (Å²) >= 11 is 0. The first-order valence-electron chi connectivity index (χ1n) is 7.87. The molecule has 0 spiro atoms. The molecule has 1 N–H and O–H groups in total. The molecule has 0 saturated carbocycles. The molecule has 1 fully saturated rings. The quantitative estimate of drug-likeness (QED) is 0.909. The molecule has 22 heavy (non-hydrogen) atoms. The maximum Gasteiger partial charge on any atom is 0.235 e. The molecule has 1 unspecified atom stereocenters. The van der Waals surface area contributed by atoms with Gasteiger partial charge in [0.05, 0.1) is 11.4 Å². The lowest BCUT2D eigenvalue weighted by atomic mass is 9.95. The second kappa shape index (κ2) is 6.56. The molecular formula is C16H23NO4S. The molecule has 0 radical (unpaired) electrons. The van der Waals surface area contributed by atoms with Crippen LogP contribution >= 0.6 is 0 Å². The monoisotopic (exact) mass is 325 g/mol. The minimum absolute atomic E-state index is 0.0115. The van der Waals surface area contributed by atoms with Crippen LogP contribution in [-0.4, -0.2) is 45.6 Å². The van der Waals surface area contributed by atoms with Gasteiger partial charge in [-0.05, 0) is 36.8 Å². The number of aliphatic hydroxyl groups is 1. The zero-order valence-corrected chi connectivity index (χ0v) is 13.5. The molecule has 0 amide bonds. The summed E-state index contributed by atoms with van der Waals surface area (Å²) in [5.74, 6) is 0.308. The van der Waals surface area contributed by atoms with Gasteiger partial charge in [-0.15, -0.1) is 0 Å². The van der Waals surface area contributed by atoms with Gasteiger partial charge in [-0.2, -0.15) is 0 Å². The number of aliphatic hydroxyl groups excluding tert-OH is 1. The van der Waals surface area contributed by atoms with E-state index in [1.165, 1.54) is 4.31 Å². The molecule has 0 aromatic heterocycles. The van der Waals surface area contributed by atoms with Crippen LogP contribution in [0.15, 0.2) is 24.3 Å². The van der Waals surface area contributed by atoms with Crippen LogP contribution in [0, 0.1) is 11.8 Å². The van der Waals surface area contributed by atoms with Crippen molar-refractivity contribution in [1.29, 1.82) is 0 Å². The third kappa shape index (κ3) is 3.29. The normalized spacial score (nSPS) is 23.3. The Labute approximate surface area is 131 Å². The Bertz CT molecular complexity index is 610. The van der Waals surface area contributed by atoms with Gasteiger partial charge < -0.3 is 9.84 Å². The zero-order chi connectivity index (χ0) is 15.6. The van der Waals surface area contributed by atoms with Crippen LogP contribution < -0.4 is 4.31 Å². The lowest BCUT2D eigenvalue weighted by Gasteiger charge is -2.35. The van der Waals surface area contributed by atoms with Gasteiger partial charge in [0, 0.05) is 32.3 Å². The number of hydrogen-bond acceptors (Lipinski definition) is 4. The Morgan fingerprint density at radius 2 is 1.91 bits per heavy atom. The number of fused-ring (bicyclic) bond motifs is 1.